The summed E-state index contributed by atoms with van der Waals surface area (Å²) in [5, 5.41) is 11.7. The van der Waals surface area contributed by atoms with Gasteiger partial charge in [0.2, 0.25) is 0 Å². The van der Waals surface area contributed by atoms with Gasteiger partial charge in [-0.2, -0.15) is 0 Å². The number of benzene rings is 1. The van der Waals surface area contributed by atoms with Gasteiger partial charge in [-0.25, -0.2) is 0 Å². The van der Waals surface area contributed by atoms with Crippen LogP contribution in [0.4, 0.5) is 0 Å². The maximum Gasteiger partial charge on any atom is 0.0845 e. The number of hydrogen-bond donors (Lipinski definition) is 1. The van der Waals surface area contributed by atoms with E-state index in [1.54, 1.807) is 4.68 Å². The third-order valence-electron chi connectivity index (χ3n) is 3.20. The van der Waals surface area contributed by atoms with E-state index in [1.807, 2.05) is 13.2 Å². The summed E-state index contributed by atoms with van der Waals surface area (Å²) in [4.78, 5) is 0. The van der Waals surface area contributed by atoms with Crippen molar-refractivity contribution in [2.75, 3.05) is 6.54 Å². The van der Waals surface area contributed by atoms with E-state index in [-0.39, 0.29) is 6.04 Å². The van der Waals surface area contributed by atoms with Crippen LogP contribution in [0.5, 0.6) is 0 Å². The lowest BCUT2D eigenvalue weighted by atomic mass is 9.97. The van der Waals surface area contributed by atoms with Crippen molar-refractivity contribution in [2.24, 2.45) is 7.05 Å². The molecule has 1 heterocycles. The molecule has 1 aromatic carbocycles. The van der Waals surface area contributed by atoms with Crippen LogP contribution < -0.4 is 5.32 Å². The predicted molar refractivity (Wildman–Crippen MR) is 80.0 cm³/mol. The summed E-state index contributed by atoms with van der Waals surface area (Å²) >= 11 is 3.60. The minimum Gasteiger partial charge on any atom is -0.310 e. The average molecular weight is 323 g/mol. The lowest BCUT2D eigenvalue weighted by molar-refractivity contribution is 0.541. The third kappa shape index (κ3) is 3.42. The van der Waals surface area contributed by atoms with Crippen LogP contribution in [-0.2, 0) is 13.5 Å². The van der Waals surface area contributed by atoms with Crippen LogP contribution >= 0.6 is 15.9 Å². The van der Waals surface area contributed by atoms with Crippen LogP contribution in [0, 0.1) is 6.92 Å². The van der Waals surface area contributed by atoms with Gasteiger partial charge in [0.15, 0.2) is 0 Å². The van der Waals surface area contributed by atoms with Crippen molar-refractivity contribution in [1.82, 2.24) is 20.3 Å². The lowest BCUT2D eigenvalue weighted by Crippen LogP contribution is -2.24. The Morgan fingerprint density at radius 3 is 2.84 bits per heavy atom. The zero-order valence-corrected chi connectivity index (χ0v) is 13.1. The largest absolute Gasteiger partial charge is 0.310 e. The Hall–Kier alpha value is -1.20. The number of likely N-dealkylation sites (N-methyl/N-ethyl adjacent to an activating group) is 1. The Labute approximate surface area is 122 Å². The summed E-state index contributed by atoms with van der Waals surface area (Å²) in [6.45, 7) is 5.19. The Kier molecular flexibility index (Phi) is 4.71. The molecule has 1 aromatic heterocycles. The van der Waals surface area contributed by atoms with Crippen LogP contribution in [0.15, 0.2) is 28.9 Å². The zero-order valence-electron chi connectivity index (χ0n) is 11.5. The fourth-order valence-corrected chi connectivity index (χ4v) is 2.62. The molecular formula is C14H19BrN4. The molecule has 0 aliphatic carbocycles. The predicted octanol–water partition coefficient (Wildman–Crippen LogP) is 2.78. The smallest absolute Gasteiger partial charge is 0.0845 e. The topological polar surface area (TPSA) is 42.7 Å². The van der Waals surface area contributed by atoms with Gasteiger partial charge in [0.1, 0.15) is 0 Å². The molecule has 2 aromatic rings. The molecule has 102 valence electrons. The van der Waals surface area contributed by atoms with Gasteiger partial charge in [-0.1, -0.05) is 40.2 Å². The standard InChI is InChI=1S/C14H19BrN4/c1-4-16-14(8-11-9-19(3)18-17-11)12-6-5-7-13(15)10(12)2/h5-7,9,14,16H,4,8H2,1-3H3. The van der Waals surface area contributed by atoms with E-state index >= 15 is 0 Å². The van der Waals surface area contributed by atoms with E-state index in [1.165, 1.54) is 11.1 Å². The van der Waals surface area contributed by atoms with Crippen molar-refractivity contribution in [1.29, 1.82) is 0 Å². The molecule has 4 nitrogen and oxygen atoms in total. The first-order valence-corrected chi connectivity index (χ1v) is 7.24. The van der Waals surface area contributed by atoms with Crippen LogP contribution in [0.3, 0.4) is 0 Å². The van der Waals surface area contributed by atoms with Gasteiger partial charge in [-0.15, -0.1) is 5.10 Å². The summed E-state index contributed by atoms with van der Waals surface area (Å²) in [5.74, 6) is 0. The first-order chi connectivity index (χ1) is 9.11. The molecular weight excluding hydrogens is 304 g/mol. The second-order valence-corrected chi connectivity index (χ2v) is 5.51. The van der Waals surface area contributed by atoms with Crippen molar-refractivity contribution < 1.29 is 0 Å². The van der Waals surface area contributed by atoms with E-state index in [0.29, 0.717) is 0 Å². The van der Waals surface area contributed by atoms with Gasteiger partial charge in [0.25, 0.3) is 0 Å². The highest BCUT2D eigenvalue weighted by Gasteiger charge is 2.16. The SMILES string of the molecule is CCNC(Cc1cn(C)nn1)c1cccc(Br)c1C. The normalized spacial score (nSPS) is 12.6. The van der Waals surface area contributed by atoms with E-state index < -0.39 is 0 Å². The molecule has 0 bridgehead atoms. The maximum atomic E-state index is 4.18. The fourth-order valence-electron chi connectivity index (χ4n) is 2.24. The third-order valence-corrected chi connectivity index (χ3v) is 4.06. The van der Waals surface area contributed by atoms with E-state index in [0.717, 1.165) is 23.1 Å². The van der Waals surface area contributed by atoms with Crippen molar-refractivity contribution in [2.45, 2.75) is 26.3 Å². The van der Waals surface area contributed by atoms with Crippen molar-refractivity contribution in [3.05, 3.63) is 45.7 Å². The van der Waals surface area contributed by atoms with Gasteiger partial charge >= 0.3 is 0 Å². The van der Waals surface area contributed by atoms with Gasteiger partial charge < -0.3 is 5.32 Å². The Balaban J connectivity index is 2.26. The summed E-state index contributed by atoms with van der Waals surface area (Å²) in [6, 6.07) is 6.58. The molecule has 19 heavy (non-hydrogen) atoms. The molecule has 0 saturated heterocycles. The first-order valence-electron chi connectivity index (χ1n) is 6.45. The summed E-state index contributed by atoms with van der Waals surface area (Å²) in [7, 11) is 1.89. The van der Waals surface area contributed by atoms with E-state index in [4.69, 9.17) is 0 Å². The first kappa shape index (κ1) is 14.2. The van der Waals surface area contributed by atoms with Crippen molar-refractivity contribution in [3.8, 4) is 0 Å². The molecule has 0 spiro atoms. The molecule has 0 amide bonds. The summed E-state index contributed by atoms with van der Waals surface area (Å²) in [5.41, 5.74) is 3.59. The molecule has 0 aliphatic heterocycles. The molecule has 0 saturated carbocycles. The highest BCUT2D eigenvalue weighted by molar-refractivity contribution is 9.10. The molecule has 1 unspecified atom stereocenters. The minimum atomic E-state index is 0.263. The highest BCUT2D eigenvalue weighted by Crippen LogP contribution is 2.26. The number of aryl methyl sites for hydroxylation is 1. The fraction of sp³-hybridized carbons (Fsp3) is 0.429. The van der Waals surface area contributed by atoms with Gasteiger partial charge in [-0.05, 0) is 30.7 Å². The number of nitrogens with zero attached hydrogens (tertiary/aromatic N) is 3. The van der Waals surface area contributed by atoms with Crippen molar-refractivity contribution in [3.63, 3.8) is 0 Å². The van der Waals surface area contributed by atoms with Gasteiger partial charge in [0.05, 0.1) is 5.69 Å². The zero-order chi connectivity index (χ0) is 13.8. The molecule has 1 atom stereocenters. The summed E-state index contributed by atoms with van der Waals surface area (Å²) < 4.78 is 2.89. The minimum absolute atomic E-state index is 0.263. The van der Waals surface area contributed by atoms with E-state index in [2.05, 4.69) is 63.6 Å². The number of nitrogens with one attached hydrogen (secondary N) is 1. The monoisotopic (exact) mass is 322 g/mol. The number of rotatable bonds is 5. The Morgan fingerprint density at radius 2 is 2.21 bits per heavy atom. The van der Waals surface area contributed by atoms with Crippen molar-refractivity contribution >= 4 is 15.9 Å². The highest BCUT2D eigenvalue weighted by atomic mass is 79.9. The second-order valence-electron chi connectivity index (χ2n) is 4.65. The lowest BCUT2D eigenvalue weighted by Gasteiger charge is -2.20. The molecule has 1 N–H and O–H groups in total. The molecule has 0 fully saturated rings. The number of halogens is 1. The van der Waals surface area contributed by atoms with Gasteiger partial charge in [-0.3, -0.25) is 4.68 Å². The molecule has 2 rings (SSSR count). The Morgan fingerprint density at radius 1 is 1.42 bits per heavy atom. The van der Waals surface area contributed by atoms with Crippen LogP contribution in [-0.4, -0.2) is 21.5 Å². The van der Waals surface area contributed by atoms with Crippen LogP contribution in [0.25, 0.3) is 0 Å². The van der Waals surface area contributed by atoms with Gasteiger partial charge in [0, 0.05) is 30.2 Å². The van der Waals surface area contributed by atoms with Crippen LogP contribution in [0.2, 0.25) is 0 Å². The van der Waals surface area contributed by atoms with Crippen LogP contribution in [0.1, 0.15) is 29.8 Å². The second kappa shape index (κ2) is 6.30. The summed E-state index contributed by atoms with van der Waals surface area (Å²) in [6.07, 6.45) is 2.82. The van der Waals surface area contributed by atoms with E-state index in [9.17, 15) is 0 Å². The maximum absolute atomic E-state index is 4.18. The number of hydrogen-bond acceptors (Lipinski definition) is 3. The molecule has 0 radical (unpaired) electrons. The number of aromatic nitrogens is 3. The average Bonchev–Trinajstić information content (AvgIpc) is 2.78. The molecule has 5 heteroatoms. The quantitative estimate of drug-likeness (QED) is 0.920. The Bertz CT molecular complexity index is 550. The molecule has 0 aliphatic rings.